The molecule has 164 valence electrons. The Labute approximate surface area is 191 Å². The molecule has 2 aliphatic rings. The number of piperidine rings is 1. The number of carbonyl (C=O) groups excluding carboxylic acids is 3. The van der Waals surface area contributed by atoms with E-state index < -0.39 is 11.1 Å². The van der Waals surface area contributed by atoms with Gasteiger partial charge in [-0.25, -0.2) is 0 Å². The quantitative estimate of drug-likeness (QED) is 0.660. The zero-order valence-corrected chi connectivity index (χ0v) is 18.9. The number of rotatable bonds is 4. The first-order valence-electron chi connectivity index (χ1n) is 10.6. The number of thioether (sulfide) groups is 1. The molecule has 7 nitrogen and oxygen atoms in total. The lowest BCUT2D eigenvalue weighted by Gasteiger charge is -2.27. The van der Waals surface area contributed by atoms with Crippen LogP contribution in [0.25, 0.3) is 11.8 Å². The highest BCUT2D eigenvalue weighted by atomic mass is 32.2. The molecule has 1 aromatic heterocycles. The van der Waals surface area contributed by atoms with Gasteiger partial charge in [0, 0.05) is 30.2 Å². The molecule has 0 spiro atoms. The van der Waals surface area contributed by atoms with E-state index in [0.717, 1.165) is 58.6 Å². The average molecular weight is 449 g/mol. The second kappa shape index (κ2) is 9.05. The second-order valence-electron chi connectivity index (χ2n) is 8.03. The highest BCUT2D eigenvalue weighted by Crippen LogP contribution is 2.34. The van der Waals surface area contributed by atoms with Crippen molar-refractivity contribution in [1.29, 1.82) is 5.26 Å². The number of amides is 3. The third kappa shape index (κ3) is 4.21. The van der Waals surface area contributed by atoms with Crippen molar-refractivity contribution in [1.82, 2.24) is 14.4 Å². The summed E-state index contributed by atoms with van der Waals surface area (Å²) in [5.41, 5.74) is 4.23. The van der Waals surface area contributed by atoms with E-state index in [2.05, 4.69) is 6.07 Å². The van der Waals surface area contributed by atoms with Crippen molar-refractivity contribution in [3.8, 4) is 11.8 Å². The molecule has 0 aliphatic carbocycles. The van der Waals surface area contributed by atoms with Gasteiger partial charge in [0.15, 0.2) is 0 Å². The minimum Gasteiger partial charge on any atom is -0.341 e. The number of hydrogen-bond donors (Lipinski definition) is 0. The highest BCUT2D eigenvalue weighted by molar-refractivity contribution is 8.18. The smallest absolute Gasteiger partial charge is 0.294 e. The van der Waals surface area contributed by atoms with E-state index in [4.69, 9.17) is 5.26 Å². The van der Waals surface area contributed by atoms with Crippen molar-refractivity contribution < 1.29 is 14.4 Å². The van der Waals surface area contributed by atoms with Crippen LogP contribution in [0.2, 0.25) is 0 Å². The maximum absolute atomic E-state index is 12.9. The van der Waals surface area contributed by atoms with E-state index in [0.29, 0.717) is 23.6 Å². The minimum atomic E-state index is -0.423. The molecule has 2 aliphatic heterocycles. The summed E-state index contributed by atoms with van der Waals surface area (Å²) < 4.78 is 2.04. The Morgan fingerprint density at radius 1 is 1.12 bits per heavy atom. The molecular formula is C24H24N4O3S. The van der Waals surface area contributed by atoms with Crippen LogP contribution in [-0.4, -0.2) is 51.1 Å². The average Bonchev–Trinajstić information content (AvgIpc) is 3.23. The van der Waals surface area contributed by atoms with Gasteiger partial charge in [-0.05, 0) is 86.8 Å². The maximum Gasteiger partial charge on any atom is 0.294 e. The topological polar surface area (TPSA) is 86.4 Å². The lowest BCUT2D eigenvalue weighted by atomic mass is 10.1. The molecule has 3 heterocycles. The Kier molecular flexibility index (Phi) is 6.19. The number of aryl methyl sites for hydroxylation is 1. The first-order chi connectivity index (χ1) is 15.4. The number of imide groups is 1. The predicted octanol–water partition coefficient (Wildman–Crippen LogP) is 4.01. The van der Waals surface area contributed by atoms with Gasteiger partial charge in [0.1, 0.15) is 6.54 Å². The van der Waals surface area contributed by atoms with E-state index in [1.807, 2.05) is 36.6 Å². The van der Waals surface area contributed by atoms with Gasteiger partial charge in [0.05, 0.1) is 16.5 Å². The summed E-state index contributed by atoms with van der Waals surface area (Å²) in [6.07, 6.45) is 4.75. The van der Waals surface area contributed by atoms with Gasteiger partial charge in [-0.15, -0.1) is 0 Å². The van der Waals surface area contributed by atoms with Crippen LogP contribution in [0.4, 0.5) is 4.79 Å². The molecule has 2 aromatic rings. The summed E-state index contributed by atoms with van der Waals surface area (Å²) in [7, 11) is 0. The van der Waals surface area contributed by atoms with Crippen LogP contribution < -0.4 is 0 Å². The van der Waals surface area contributed by atoms with Crippen LogP contribution in [0.15, 0.2) is 35.2 Å². The molecule has 8 heteroatoms. The van der Waals surface area contributed by atoms with Gasteiger partial charge in [0.2, 0.25) is 5.91 Å². The van der Waals surface area contributed by atoms with Crippen molar-refractivity contribution in [2.75, 3.05) is 19.6 Å². The van der Waals surface area contributed by atoms with Crippen molar-refractivity contribution in [3.63, 3.8) is 0 Å². The summed E-state index contributed by atoms with van der Waals surface area (Å²) in [5.74, 6) is -0.597. The Hall–Kier alpha value is -3.31. The van der Waals surface area contributed by atoms with Crippen molar-refractivity contribution >= 4 is 34.9 Å². The van der Waals surface area contributed by atoms with Crippen molar-refractivity contribution in [2.24, 2.45) is 0 Å². The minimum absolute atomic E-state index is 0.174. The molecule has 0 N–H and O–H groups in total. The van der Waals surface area contributed by atoms with Gasteiger partial charge >= 0.3 is 0 Å². The number of hydrogen-bond acceptors (Lipinski definition) is 5. The molecule has 0 saturated carbocycles. The maximum atomic E-state index is 12.9. The number of carbonyl (C=O) groups is 3. The summed E-state index contributed by atoms with van der Waals surface area (Å²) in [6.45, 7) is 5.08. The number of nitriles is 1. The lowest BCUT2D eigenvalue weighted by Crippen LogP contribution is -2.44. The van der Waals surface area contributed by atoms with Crippen LogP contribution in [0, 0.1) is 25.2 Å². The standard InChI is InChI=1S/C24H24N4O3S/c1-16-12-19(17(2)28(16)20-8-6-18(14-25)7-9-20)13-21-23(30)27(24(31)32-21)15-22(29)26-10-4-3-5-11-26/h6-9,12-13H,3-5,10-11,15H2,1-2H3/b21-13-. The Morgan fingerprint density at radius 3 is 2.47 bits per heavy atom. The van der Waals surface area contributed by atoms with Crippen molar-refractivity contribution in [3.05, 3.63) is 57.8 Å². The molecule has 3 amide bonds. The summed E-state index contributed by atoms with van der Waals surface area (Å²) in [5, 5.41) is 8.60. The number of benzene rings is 1. The molecule has 1 aromatic carbocycles. The predicted molar refractivity (Wildman–Crippen MR) is 123 cm³/mol. The Morgan fingerprint density at radius 2 is 1.81 bits per heavy atom. The van der Waals surface area contributed by atoms with Gasteiger partial charge in [-0.1, -0.05) is 0 Å². The van der Waals surface area contributed by atoms with Crippen LogP contribution in [0.5, 0.6) is 0 Å². The summed E-state index contributed by atoms with van der Waals surface area (Å²) in [4.78, 5) is 41.0. The normalized spacial score (nSPS) is 17.8. The van der Waals surface area contributed by atoms with Crippen molar-refractivity contribution in [2.45, 2.75) is 33.1 Å². The monoisotopic (exact) mass is 448 g/mol. The number of nitrogens with zero attached hydrogens (tertiary/aromatic N) is 4. The zero-order valence-electron chi connectivity index (χ0n) is 18.1. The molecule has 0 bridgehead atoms. The first kappa shape index (κ1) is 21.9. The van der Waals surface area contributed by atoms with Crippen LogP contribution in [-0.2, 0) is 9.59 Å². The molecule has 4 rings (SSSR count). The molecule has 2 saturated heterocycles. The van der Waals surface area contributed by atoms with Gasteiger partial charge in [0.25, 0.3) is 11.1 Å². The molecule has 2 fully saturated rings. The van der Waals surface area contributed by atoms with E-state index in [1.54, 1.807) is 23.1 Å². The van der Waals surface area contributed by atoms with E-state index in [-0.39, 0.29) is 12.5 Å². The zero-order chi connectivity index (χ0) is 22.8. The third-order valence-electron chi connectivity index (χ3n) is 5.89. The Bertz CT molecular complexity index is 1150. The lowest BCUT2D eigenvalue weighted by molar-refractivity contribution is -0.136. The second-order valence-corrected chi connectivity index (χ2v) is 9.02. The molecule has 0 atom stereocenters. The van der Waals surface area contributed by atoms with E-state index in [9.17, 15) is 14.4 Å². The molecule has 0 radical (unpaired) electrons. The Balaban J connectivity index is 1.55. The number of aromatic nitrogens is 1. The summed E-state index contributed by atoms with van der Waals surface area (Å²) in [6, 6.07) is 11.4. The largest absolute Gasteiger partial charge is 0.341 e. The van der Waals surface area contributed by atoms with Crippen LogP contribution in [0.3, 0.4) is 0 Å². The highest BCUT2D eigenvalue weighted by Gasteiger charge is 2.37. The number of likely N-dealkylation sites (tertiary alicyclic amines) is 1. The summed E-state index contributed by atoms with van der Waals surface area (Å²) >= 11 is 0.872. The fourth-order valence-corrected chi connectivity index (χ4v) is 5.00. The van der Waals surface area contributed by atoms with Gasteiger partial charge in [-0.2, -0.15) is 5.26 Å². The van der Waals surface area contributed by atoms with Gasteiger partial charge < -0.3 is 9.47 Å². The molecular weight excluding hydrogens is 424 g/mol. The van der Waals surface area contributed by atoms with E-state index >= 15 is 0 Å². The third-order valence-corrected chi connectivity index (χ3v) is 6.79. The van der Waals surface area contributed by atoms with Crippen LogP contribution in [0.1, 0.15) is 41.8 Å². The molecule has 32 heavy (non-hydrogen) atoms. The first-order valence-corrected chi connectivity index (χ1v) is 11.4. The SMILES string of the molecule is Cc1cc(/C=C2\SC(=O)N(CC(=O)N3CCCCC3)C2=O)c(C)n1-c1ccc(C#N)cc1. The van der Waals surface area contributed by atoms with Crippen LogP contribution >= 0.6 is 11.8 Å². The van der Waals surface area contributed by atoms with E-state index in [1.165, 1.54) is 0 Å². The van der Waals surface area contributed by atoms with Gasteiger partial charge in [-0.3, -0.25) is 19.3 Å². The fourth-order valence-electron chi connectivity index (χ4n) is 4.17. The molecule has 0 unspecified atom stereocenters. The fraction of sp³-hybridized carbons (Fsp3) is 0.333.